The summed E-state index contributed by atoms with van der Waals surface area (Å²) in [6.45, 7) is 0.310. The van der Waals surface area contributed by atoms with Crippen LogP contribution in [0.5, 0.6) is 5.88 Å². The summed E-state index contributed by atoms with van der Waals surface area (Å²) in [6.07, 6.45) is 1.63. The molecule has 0 unspecified atom stereocenters. The maximum Gasteiger partial charge on any atom is 0.268 e. The normalized spacial score (nSPS) is 10.5. The van der Waals surface area contributed by atoms with Crippen LogP contribution in [0.25, 0.3) is 10.8 Å². The molecule has 3 aromatic rings. The number of benzene rings is 1. The lowest BCUT2D eigenvalue weighted by atomic mass is 10.1. The van der Waals surface area contributed by atoms with E-state index in [4.69, 9.17) is 4.74 Å². The highest BCUT2D eigenvalue weighted by Crippen LogP contribution is 2.10. The molecule has 1 amide bonds. The molecule has 6 nitrogen and oxygen atoms in total. The summed E-state index contributed by atoms with van der Waals surface area (Å²) in [6, 6.07) is 12.3. The van der Waals surface area contributed by atoms with Crippen LogP contribution in [0, 0.1) is 0 Å². The molecule has 0 radical (unpaired) electrons. The summed E-state index contributed by atoms with van der Waals surface area (Å²) < 4.78 is 4.98. The van der Waals surface area contributed by atoms with Crippen LogP contribution in [0.1, 0.15) is 16.1 Å². The molecule has 1 aromatic carbocycles. The van der Waals surface area contributed by atoms with Gasteiger partial charge in [-0.1, -0.05) is 24.3 Å². The number of aromatic nitrogens is 2. The van der Waals surface area contributed by atoms with Gasteiger partial charge in [0.1, 0.15) is 5.69 Å². The topological polar surface area (TPSA) is 84.1 Å². The van der Waals surface area contributed by atoms with Gasteiger partial charge in [-0.05, 0) is 23.1 Å². The Balaban J connectivity index is 1.76. The lowest BCUT2D eigenvalue weighted by molar-refractivity contribution is 0.0946. The minimum absolute atomic E-state index is 0.232. The number of carbonyl (C=O) groups excluding carboxylic acids is 1. The molecule has 0 saturated heterocycles. The van der Waals surface area contributed by atoms with E-state index in [1.54, 1.807) is 43.6 Å². The van der Waals surface area contributed by atoms with Gasteiger partial charge in [0.05, 0.1) is 7.11 Å². The molecule has 3 rings (SSSR count). The fraction of sp³-hybridized carbons (Fsp3) is 0.118. The van der Waals surface area contributed by atoms with Crippen molar-refractivity contribution in [3.63, 3.8) is 0 Å². The lowest BCUT2D eigenvalue weighted by Gasteiger charge is -2.07. The Bertz CT molecular complexity index is 901. The lowest BCUT2D eigenvalue weighted by Crippen LogP contribution is -2.26. The number of carbonyl (C=O) groups is 1. The zero-order valence-electron chi connectivity index (χ0n) is 12.5. The van der Waals surface area contributed by atoms with Gasteiger partial charge in [0, 0.05) is 24.2 Å². The van der Waals surface area contributed by atoms with Gasteiger partial charge in [0.15, 0.2) is 0 Å². The van der Waals surface area contributed by atoms with Gasteiger partial charge in [0.2, 0.25) is 5.88 Å². The second-order valence-electron chi connectivity index (χ2n) is 4.99. The maximum absolute atomic E-state index is 12.2. The number of fused-ring (bicyclic) bond motifs is 1. The molecular formula is C17H15N3O3. The first kappa shape index (κ1) is 14.8. The maximum atomic E-state index is 12.2. The monoisotopic (exact) mass is 309 g/mol. The Morgan fingerprint density at radius 2 is 2.09 bits per heavy atom. The first-order valence-corrected chi connectivity index (χ1v) is 7.06. The van der Waals surface area contributed by atoms with Crippen molar-refractivity contribution in [3.05, 3.63) is 70.3 Å². The molecule has 0 atom stereocenters. The Morgan fingerprint density at radius 1 is 1.26 bits per heavy atom. The van der Waals surface area contributed by atoms with Gasteiger partial charge < -0.3 is 15.0 Å². The number of methoxy groups -OCH3 is 1. The molecule has 23 heavy (non-hydrogen) atoms. The van der Waals surface area contributed by atoms with E-state index in [9.17, 15) is 9.59 Å². The van der Waals surface area contributed by atoms with Gasteiger partial charge >= 0.3 is 0 Å². The molecule has 0 saturated carbocycles. The van der Waals surface area contributed by atoms with E-state index in [1.807, 2.05) is 12.1 Å². The number of rotatable bonds is 4. The summed E-state index contributed by atoms with van der Waals surface area (Å²) >= 11 is 0. The number of H-pyrrole nitrogens is 1. The highest BCUT2D eigenvalue weighted by molar-refractivity contribution is 5.96. The van der Waals surface area contributed by atoms with E-state index in [-0.39, 0.29) is 17.2 Å². The van der Waals surface area contributed by atoms with E-state index in [0.717, 1.165) is 10.9 Å². The number of nitrogens with one attached hydrogen (secondary N) is 2. The molecule has 116 valence electrons. The van der Waals surface area contributed by atoms with Crippen LogP contribution in [-0.2, 0) is 6.54 Å². The molecule has 2 heterocycles. The zero-order valence-corrected chi connectivity index (χ0v) is 12.5. The number of aromatic amines is 1. The fourth-order valence-electron chi connectivity index (χ4n) is 2.25. The molecule has 2 N–H and O–H groups in total. The minimum Gasteiger partial charge on any atom is -0.481 e. The van der Waals surface area contributed by atoms with Gasteiger partial charge in [-0.2, -0.15) is 0 Å². The smallest absolute Gasteiger partial charge is 0.268 e. The van der Waals surface area contributed by atoms with Crippen LogP contribution in [0.3, 0.4) is 0 Å². The van der Waals surface area contributed by atoms with E-state index in [0.29, 0.717) is 17.8 Å². The molecule has 0 fully saturated rings. The van der Waals surface area contributed by atoms with Crippen LogP contribution in [0.4, 0.5) is 0 Å². The summed E-state index contributed by atoms with van der Waals surface area (Å²) in [7, 11) is 1.54. The van der Waals surface area contributed by atoms with Crippen LogP contribution in [-0.4, -0.2) is 23.0 Å². The summed E-state index contributed by atoms with van der Waals surface area (Å²) in [5, 5.41) is 4.04. The Morgan fingerprint density at radius 3 is 2.83 bits per heavy atom. The predicted octanol–water partition coefficient (Wildman–Crippen LogP) is 1.86. The highest BCUT2D eigenvalue weighted by atomic mass is 16.5. The minimum atomic E-state index is -0.344. The molecule has 6 heteroatoms. The number of amides is 1. The van der Waals surface area contributed by atoms with Crippen molar-refractivity contribution in [3.8, 4) is 5.88 Å². The third kappa shape index (κ3) is 3.21. The molecular weight excluding hydrogens is 294 g/mol. The van der Waals surface area contributed by atoms with E-state index in [1.165, 1.54) is 0 Å². The Hall–Kier alpha value is -3.15. The molecule has 0 aliphatic carbocycles. The third-order valence-corrected chi connectivity index (χ3v) is 3.46. The highest BCUT2D eigenvalue weighted by Gasteiger charge is 2.09. The molecule has 0 aliphatic heterocycles. The SMILES string of the molecule is COc1ccc(CNC(=O)c2cc3ccccc3c(=O)[nH]2)cn1. The number of hydrogen-bond donors (Lipinski definition) is 2. The second kappa shape index (κ2) is 6.31. The van der Waals surface area contributed by atoms with Crippen molar-refractivity contribution in [1.29, 1.82) is 0 Å². The van der Waals surface area contributed by atoms with Crippen molar-refractivity contribution in [2.24, 2.45) is 0 Å². The van der Waals surface area contributed by atoms with Crippen molar-refractivity contribution < 1.29 is 9.53 Å². The third-order valence-electron chi connectivity index (χ3n) is 3.46. The number of hydrogen-bond acceptors (Lipinski definition) is 4. The quantitative estimate of drug-likeness (QED) is 0.770. The zero-order chi connectivity index (χ0) is 16.2. The van der Waals surface area contributed by atoms with Gasteiger partial charge in [0.25, 0.3) is 11.5 Å². The van der Waals surface area contributed by atoms with Crippen LogP contribution in [0.2, 0.25) is 0 Å². The van der Waals surface area contributed by atoms with E-state index >= 15 is 0 Å². The predicted molar refractivity (Wildman–Crippen MR) is 86.5 cm³/mol. The van der Waals surface area contributed by atoms with Crippen molar-refractivity contribution in [2.45, 2.75) is 6.54 Å². The molecule has 2 aromatic heterocycles. The molecule has 0 bridgehead atoms. The summed E-state index contributed by atoms with van der Waals surface area (Å²) in [5.74, 6) is 0.169. The first-order valence-electron chi connectivity index (χ1n) is 7.06. The fourth-order valence-corrected chi connectivity index (χ4v) is 2.25. The van der Waals surface area contributed by atoms with Crippen molar-refractivity contribution in [1.82, 2.24) is 15.3 Å². The standard InChI is InChI=1S/C17H15N3O3/c1-23-15-7-6-11(9-18-15)10-19-17(22)14-8-12-4-2-3-5-13(12)16(21)20-14/h2-9H,10H2,1H3,(H,19,22)(H,20,21). The van der Waals surface area contributed by atoms with Crippen molar-refractivity contribution in [2.75, 3.05) is 7.11 Å². The van der Waals surface area contributed by atoms with E-state index < -0.39 is 0 Å². The molecule has 0 spiro atoms. The first-order chi connectivity index (χ1) is 11.2. The molecule has 0 aliphatic rings. The second-order valence-corrected chi connectivity index (χ2v) is 4.99. The number of nitrogens with zero attached hydrogens (tertiary/aromatic N) is 1. The van der Waals surface area contributed by atoms with Crippen LogP contribution in [0.15, 0.2) is 53.5 Å². The number of pyridine rings is 2. The van der Waals surface area contributed by atoms with Gasteiger partial charge in [-0.15, -0.1) is 0 Å². The summed E-state index contributed by atoms with van der Waals surface area (Å²) in [5.41, 5.74) is 0.789. The largest absolute Gasteiger partial charge is 0.481 e. The Kier molecular flexibility index (Phi) is 4.05. The van der Waals surface area contributed by atoms with Crippen LogP contribution >= 0.6 is 0 Å². The average molecular weight is 309 g/mol. The summed E-state index contributed by atoms with van der Waals surface area (Å²) in [4.78, 5) is 30.9. The average Bonchev–Trinajstić information content (AvgIpc) is 2.60. The number of ether oxygens (including phenoxy) is 1. The van der Waals surface area contributed by atoms with Crippen molar-refractivity contribution >= 4 is 16.7 Å². The van der Waals surface area contributed by atoms with Gasteiger partial charge in [-0.3, -0.25) is 9.59 Å². The van der Waals surface area contributed by atoms with E-state index in [2.05, 4.69) is 15.3 Å². The Labute approximate surface area is 132 Å². The van der Waals surface area contributed by atoms with Gasteiger partial charge in [-0.25, -0.2) is 4.98 Å². The van der Waals surface area contributed by atoms with Crippen LogP contribution < -0.4 is 15.6 Å².